The maximum Gasteiger partial charge on any atom is 0.319 e. The highest BCUT2D eigenvalue weighted by atomic mass is 16.5. The number of urea groups is 1. The predicted molar refractivity (Wildman–Crippen MR) is 78.0 cm³/mol. The van der Waals surface area contributed by atoms with Crippen molar-refractivity contribution in [2.75, 3.05) is 11.9 Å². The Morgan fingerprint density at radius 2 is 1.86 bits per heavy atom. The van der Waals surface area contributed by atoms with Crippen molar-refractivity contribution >= 4 is 17.7 Å². The summed E-state index contributed by atoms with van der Waals surface area (Å²) in [4.78, 5) is 22.8. The number of nitrogens with one attached hydrogen (secondary N) is 2. The summed E-state index contributed by atoms with van der Waals surface area (Å²) in [5.74, 6) is -0.789. The second-order valence-electron chi connectivity index (χ2n) is 4.74. The molecule has 2 atom stereocenters. The van der Waals surface area contributed by atoms with Gasteiger partial charge in [-0.3, -0.25) is 0 Å². The predicted octanol–water partition coefficient (Wildman–Crippen LogP) is 1.37. The Morgan fingerprint density at radius 3 is 2.33 bits per heavy atom. The lowest BCUT2D eigenvalue weighted by Gasteiger charge is -2.25. The summed E-state index contributed by atoms with van der Waals surface area (Å²) >= 11 is 0. The van der Waals surface area contributed by atoms with Crippen LogP contribution >= 0.6 is 0 Å². The Bertz CT molecular complexity index is 473. The number of benzene rings is 1. The summed E-state index contributed by atoms with van der Waals surface area (Å²) in [6.45, 7) is 6.05. The quantitative estimate of drug-likeness (QED) is 0.794. The van der Waals surface area contributed by atoms with Gasteiger partial charge in [-0.25, -0.2) is 4.79 Å². The van der Waals surface area contributed by atoms with E-state index in [1.54, 1.807) is 31.2 Å². The second kappa shape index (κ2) is 8.14. The smallest absolute Gasteiger partial charge is 0.319 e. The van der Waals surface area contributed by atoms with Gasteiger partial charge >= 0.3 is 6.03 Å². The third-order valence-corrected chi connectivity index (χ3v) is 3.18. The molecule has 21 heavy (non-hydrogen) atoms. The molecular formula is C15H21N2O4-. The van der Waals surface area contributed by atoms with E-state index in [1.807, 2.05) is 13.8 Å². The molecule has 1 rings (SSSR count). The Labute approximate surface area is 124 Å². The second-order valence-corrected chi connectivity index (χ2v) is 4.74. The molecule has 0 fully saturated rings. The van der Waals surface area contributed by atoms with Gasteiger partial charge < -0.3 is 25.3 Å². The molecule has 0 saturated carbocycles. The fourth-order valence-corrected chi connectivity index (χ4v) is 1.78. The summed E-state index contributed by atoms with van der Waals surface area (Å²) < 4.78 is 5.29. The van der Waals surface area contributed by atoms with E-state index >= 15 is 0 Å². The molecular weight excluding hydrogens is 272 g/mol. The molecule has 2 N–H and O–H groups in total. The summed E-state index contributed by atoms with van der Waals surface area (Å²) in [5, 5.41) is 16.0. The number of carbonyl (C=O) groups excluding carboxylic acids is 2. The maximum atomic E-state index is 11.8. The molecule has 6 nitrogen and oxygen atoms in total. The van der Waals surface area contributed by atoms with Crippen LogP contribution in [0.4, 0.5) is 10.5 Å². The van der Waals surface area contributed by atoms with Gasteiger partial charge in [-0.2, -0.15) is 0 Å². The van der Waals surface area contributed by atoms with Crippen molar-refractivity contribution in [1.82, 2.24) is 5.32 Å². The van der Waals surface area contributed by atoms with Crippen molar-refractivity contribution in [2.45, 2.75) is 33.2 Å². The number of anilines is 1. The molecule has 0 aliphatic rings. The van der Waals surface area contributed by atoms with Gasteiger partial charge in [-0.15, -0.1) is 0 Å². The van der Waals surface area contributed by atoms with Crippen LogP contribution in [-0.2, 0) is 4.79 Å². The van der Waals surface area contributed by atoms with Gasteiger partial charge in [0.1, 0.15) is 5.75 Å². The van der Waals surface area contributed by atoms with Crippen LogP contribution in [0.3, 0.4) is 0 Å². The Kier molecular flexibility index (Phi) is 6.52. The molecule has 1 aromatic rings. The average Bonchev–Trinajstić information content (AvgIpc) is 2.46. The first kappa shape index (κ1) is 16.8. The SMILES string of the molecule is CCOc1ccc(NC(=O)N[C@H](C(=O)[O-])[C@H](C)CC)cc1. The van der Waals surface area contributed by atoms with Crippen LogP contribution in [0.25, 0.3) is 0 Å². The number of aliphatic carboxylic acids is 1. The van der Waals surface area contributed by atoms with Crippen molar-refractivity contribution in [3.05, 3.63) is 24.3 Å². The van der Waals surface area contributed by atoms with Crippen LogP contribution in [0.5, 0.6) is 5.75 Å². The molecule has 0 spiro atoms. The number of rotatable bonds is 7. The molecule has 0 aromatic heterocycles. The highest BCUT2D eigenvalue weighted by molar-refractivity contribution is 5.92. The summed E-state index contributed by atoms with van der Waals surface area (Å²) in [7, 11) is 0. The largest absolute Gasteiger partial charge is 0.548 e. The molecule has 0 aliphatic carbocycles. The maximum absolute atomic E-state index is 11.8. The van der Waals surface area contributed by atoms with Crippen molar-refractivity contribution in [1.29, 1.82) is 0 Å². The van der Waals surface area contributed by atoms with Gasteiger partial charge in [0.25, 0.3) is 0 Å². The number of carboxylic acid groups (broad SMARTS) is 1. The Hall–Kier alpha value is -2.24. The first-order valence-electron chi connectivity index (χ1n) is 6.99. The van der Waals surface area contributed by atoms with Gasteiger partial charge in [0.15, 0.2) is 0 Å². The Balaban J connectivity index is 2.61. The number of amides is 2. The lowest BCUT2D eigenvalue weighted by atomic mass is 9.99. The van der Waals surface area contributed by atoms with Crippen molar-refractivity contribution in [3.8, 4) is 5.75 Å². The van der Waals surface area contributed by atoms with E-state index in [9.17, 15) is 14.7 Å². The molecule has 0 bridgehead atoms. The van der Waals surface area contributed by atoms with Gasteiger partial charge in [-0.1, -0.05) is 20.3 Å². The van der Waals surface area contributed by atoms with Crippen LogP contribution < -0.4 is 20.5 Å². The normalized spacial score (nSPS) is 13.1. The van der Waals surface area contributed by atoms with Crippen molar-refractivity contribution in [3.63, 3.8) is 0 Å². The van der Waals surface area contributed by atoms with Crippen LogP contribution in [0.2, 0.25) is 0 Å². The first-order valence-corrected chi connectivity index (χ1v) is 6.99. The fraction of sp³-hybridized carbons (Fsp3) is 0.467. The molecule has 0 radical (unpaired) electrons. The van der Waals surface area contributed by atoms with Crippen molar-refractivity contribution in [2.24, 2.45) is 5.92 Å². The zero-order chi connectivity index (χ0) is 15.8. The highest BCUT2D eigenvalue weighted by Gasteiger charge is 2.19. The molecule has 0 unspecified atom stereocenters. The molecule has 0 saturated heterocycles. The third kappa shape index (κ3) is 5.33. The molecule has 1 aromatic carbocycles. The molecule has 2 amide bonds. The van der Waals surface area contributed by atoms with Crippen LogP contribution in [-0.4, -0.2) is 24.6 Å². The highest BCUT2D eigenvalue weighted by Crippen LogP contribution is 2.15. The number of hydrogen-bond donors (Lipinski definition) is 2. The Morgan fingerprint density at radius 1 is 1.24 bits per heavy atom. The minimum absolute atomic E-state index is 0.207. The number of carbonyl (C=O) groups is 2. The lowest BCUT2D eigenvalue weighted by molar-refractivity contribution is -0.309. The topological polar surface area (TPSA) is 90.5 Å². The van der Waals surface area contributed by atoms with E-state index in [-0.39, 0.29) is 5.92 Å². The van der Waals surface area contributed by atoms with Crippen molar-refractivity contribution < 1.29 is 19.4 Å². The van der Waals surface area contributed by atoms with Gasteiger partial charge in [0.2, 0.25) is 0 Å². The number of carboxylic acids is 1. The van der Waals surface area contributed by atoms with Gasteiger partial charge in [-0.05, 0) is 37.1 Å². The van der Waals surface area contributed by atoms with E-state index in [1.165, 1.54) is 0 Å². The molecule has 0 heterocycles. The standard InChI is InChI=1S/C15H22N2O4/c1-4-10(3)13(14(18)19)17-15(20)16-11-6-8-12(9-7-11)21-5-2/h6-10,13H,4-5H2,1-3H3,(H,18,19)(H2,16,17,20)/p-1/t10-,13+/m1/s1. The summed E-state index contributed by atoms with van der Waals surface area (Å²) in [6, 6.07) is 5.23. The number of ether oxygens (including phenoxy) is 1. The van der Waals surface area contributed by atoms with E-state index in [4.69, 9.17) is 4.74 Å². The van der Waals surface area contributed by atoms with Crippen LogP contribution in [0.15, 0.2) is 24.3 Å². The summed E-state index contributed by atoms with van der Waals surface area (Å²) in [5.41, 5.74) is 0.553. The van der Waals surface area contributed by atoms with E-state index in [0.29, 0.717) is 24.5 Å². The lowest BCUT2D eigenvalue weighted by Crippen LogP contribution is -2.52. The zero-order valence-corrected chi connectivity index (χ0v) is 12.5. The average molecular weight is 293 g/mol. The minimum atomic E-state index is -1.29. The molecule has 6 heteroatoms. The minimum Gasteiger partial charge on any atom is -0.548 e. The fourth-order valence-electron chi connectivity index (χ4n) is 1.78. The zero-order valence-electron chi connectivity index (χ0n) is 12.5. The molecule has 0 aliphatic heterocycles. The van der Waals surface area contributed by atoms with Gasteiger partial charge in [0, 0.05) is 5.69 Å². The van der Waals surface area contributed by atoms with Crippen LogP contribution in [0, 0.1) is 5.92 Å². The van der Waals surface area contributed by atoms with E-state index < -0.39 is 18.0 Å². The first-order chi connectivity index (χ1) is 9.97. The number of hydrogen-bond acceptors (Lipinski definition) is 4. The molecule has 116 valence electrons. The monoisotopic (exact) mass is 293 g/mol. The van der Waals surface area contributed by atoms with Crippen LogP contribution in [0.1, 0.15) is 27.2 Å². The summed E-state index contributed by atoms with van der Waals surface area (Å²) in [6.07, 6.45) is 0.627. The van der Waals surface area contributed by atoms with Gasteiger partial charge in [0.05, 0.1) is 18.6 Å². The van der Waals surface area contributed by atoms with E-state index in [2.05, 4.69) is 10.6 Å². The van der Waals surface area contributed by atoms with E-state index in [0.717, 1.165) is 0 Å². The third-order valence-electron chi connectivity index (χ3n) is 3.18.